The Morgan fingerprint density at radius 3 is 2.35 bits per heavy atom. The summed E-state index contributed by atoms with van der Waals surface area (Å²) >= 11 is 5.52. The Morgan fingerprint density at radius 1 is 1.17 bits per heavy atom. The number of rotatable bonds is 4. The van der Waals surface area contributed by atoms with E-state index < -0.39 is 57.9 Å². The van der Waals surface area contributed by atoms with Crippen LogP contribution in [0.2, 0.25) is 5.02 Å². The van der Waals surface area contributed by atoms with E-state index in [0.717, 1.165) is 12.1 Å². The lowest BCUT2D eigenvalue weighted by atomic mass is 10.0. The summed E-state index contributed by atoms with van der Waals surface area (Å²) < 4.78 is 65.4. The minimum Gasteiger partial charge on any atom is -0.476 e. The van der Waals surface area contributed by atoms with Crippen LogP contribution in [0.25, 0.3) is 11.3 Å². The average Bonchev–Trinajstić information content (AvgIpc) is 2.48. The first kappa shape index (κ1) is 17.1. The summed E-state index contributed by atoms with van der Waals surface area (Å²) in [6, 6.07) is 1.72. The maximum atomic E-state index is 14.1. The van der Waals surface area contributed by atoms with Crippen molar-refractivity contribution in [1.82, 2.24) is 9.97 Å². The van der Waals surface area contributed by atoms with E-state index in [2.05, 4.69) is 9.97 Å². The van der Waals surface area contributed by atoms with Gasteiger partial charge in [0, 0.05) is 11.1 Å². The van der Waals surface area contributed by atoms with Crippen LogP contribution >= 0.6 is 11.6 Å². The molecule has 0 fully saturated rings. The predicted octanol–water partition coefficient (Wildman–Crippen LogP) is 4.51. The van der Waals surface area contributed by atoms with E-state index >= 15 is 0 Å². The van der Waals surface area contributed by atoms with Crippen molar-refractivity contribution < 1.29 is 31.9 Å². The number of carboxylic acid groups (broad SMARTS) is 1. The highest BCUT2D eigenvalue weighted by atomic mass is 35.5. The Bertz CT molecular complexity index is 770. The molecule has 4 nitrogen and oxygen atoms in total. The lowest BCUT2D eigenvalue weighted by Gasteiger charge is -2.12. The van der Waals surface area contributed by atoms with E-state index in [1.54, 1.807) is 0 Å². The number of carboxylic acids is 1. The molecule has 0 atom stereocenters. The van der Waals surface area contributed by atoms with Crippen molar-refractivity contribution in [2.24, 2.45) is 0 Å². The number of carbonyl (C=O) groups is 1. The average molecular weight is 353 g/mol. The van der Waals surface area contributed by atoms with E-state index in [9.17, 15) is 26.7 Å². The van der Waals surface area contributed by atoms with E-state index in [-0.39, 0.29) is 0 Å². The van der Waals surface area contributed by atoms with Crippen molar-refractivity contribution in [3.05, 3.63) is 46.1 Å². The van der Waals surface area contributed by atoms with E-state index in [0.29, 0.717) is 6.20 Å². The minimum absolute atomic E-state index is 0.513. The molecule has 1 heterocycles. The molecular weight excluding hydrogens is 347 g/mol. The molecule has 0 aliphatic heterocycles. The fourth-order valence-electron chi connectivity index (χ4n) is 1.84. The summed E-state index contributed by atoms with van der Waals surface area (Å²) in [6.45, 7) is 0. The summed E-state index contributed by atoms with van der Waals surface area (Å²) in [6.07, 6.45) is -5.78. The molecule has 0 saturated carbocycles. The fraction of sp³-hybridized carbons (Fsp3) is 0.154. The summed E-state index contributed by atoms with van der Waals surface area (Å²) in [5.74, 6) is -3.13. The highest BCUT2D eigenvalue weighted by molar-refractivity contribution is 6.31. The molecule has 0 unspecified atom stereocenters. The summed E-state index contributed by atoms with van der Waals surface area (Å²) in [7, 11) is 0. The summed E-state index contributed by atoms with van der Waals surface area (Å²) in [4.78, 5) is 17.5. The van der Waals surface area contributed by atoms with Crippen molar-refractivity contribution >= 4 is 17.6 Å². The van der Waals surface area contributed by atoms with Crippen molar-refractivity contribution in [2.45, 2.75) is 12.9 Å². The van der Waals surface area contributed by atoms with Gasteiger partial charge in [-0.1, -0.05) is 17.7 Å². The molecule has 0 aliphatic carbocycles. The van der Waals surface area contributed by atoms with Crippen molar-refractivity contribution in [1.29, 1.82) is 0 Å². The molecule has 1 N–H and O–H groups in total. The second kappa shape index (κ2) is 6.45. The standard InChI is InChI=1S/C13H6ClF5N2O2/c14-5-2-1-4(11(16)17)7(8(5)15)6-3-20-9(12(18)19)10(21-6)13(22)23/h1-3,11-12H,(H,22,23). The van der Waals surface area contributed by atoms with Crippen molar-refractivity contribution in [2.75, 3.05) is 0 Å². The van der Waals surface area contributed by atoms with Gasteiger partial charge in [0.2, 0.25) is 0 Å². The molecular formula is C13H6ClF5N2O2. The second-order valence-corrected chi connectivity index (χ2v) is 4.63. The first-order valence-electron chi connectivity index (χ1n) is 5.88. The Hall–Kier alpha value is -2.29. The van der Waals surface area contributed by atoms with Gasteiger partial charge < -0.3 is 5.11 Å². The van der Waals surface area contributed by atoms with Gasteiger partial charge >= 0.3 is 5.97 Å². The summed E-state index contributed by atoms with van der Waals surface area (Å²) in [5, 5.41) is 8.37. The van der Waals surface area contributed by atoms with Crippen molar-refractivity contribution in [3.8, 4) is 11.3 Å². The molecule has 2 aromatic rings. The predicted molar refractivity (Wildman–Crippen MR) is 69.3 cm³/mol. The first-order valence-corrected chi connectivity index (χ1v) is 6.26. The smallest absolute Gasteiger partial charge is 0.356 e. The zero-order chi connectivity index (χ0) is 17.3. The van der Waals surface area contributed by atoms with Crippen LogP contribution in [0.4, 0.5) is 22.0 Å². The summed E-state index contributed by atoms with van der Waals surface area (Å²) in [5.41, 5.74) is -4.55. The molecule has 1 aromatic carbocycles. The highest BCUT2D eigenvalue weighted by Crippen LogP contribution is 2.36. The third kappa shape index (κ3) is 3.24. The third-order valence-corrected chi connectivity index (χ3v) is 3.12. The number of aromatic nitrogens is 2. The highest BCUT2D eigenvalue weighted by Gasteiger charge is 2.26. The van der Waals surface area contributed by atoms with Crippen LogP contribution in [0, 0.1) is 5.82 Å². The maximum Gasteiger partial charge on any atom is 0.356 e. The zero-order valence-corrected chi connectivity index (χ0v) is 11.7. The van der Waals surface area contributed by atoms with E-state index in [4.69, 9.17) is 16.7 Å². The van der Waals surface area contributed by atoms with Crippen molar-refractivity contribution in [3.63, 3.8) is 0 Å². The number of alkyl halides is 4. The van der Waals surface area contributed by atoms with Gasteiger partial charge in [-0.3, -0.25) is 4.98 Å². The van der Waals surface area contributed by atoms with Crippen LogP contribution in [0.5, 0.6) is 0 Å². The number of hydrogen-bond acceptors (Lipinski definition) is 3. The van der Waals surface area contributed by atoms with E-state index in [1.165, 1.54) is 0 Å². The van der Waals surface area contributed by atoms with Crippen LogP contribution in [-0.2, 0) is 0 Å². The van der Waals surface area contributed by atoms with Gasteiger partial charge in [0.25, 0.3) is 12.9 Å². The quantitative estimate of drug-likeness (QED) is 0.822. The van der Waals surface area contributed by atoms with Gasteiger partial charge in [-0.05, 0) is 6.07 Å². The van der Waals surface area contributed by atoms with Gasteiger partial charge in [-0.2, -0.15) is 0 Å². The Labute approximate surface area is 130 Å². The molecule has 1 aromatic heterocycles. The molecule has 0 aliphatic rings. The lowest BCUT2D eigenvalue weighted by molar-refractivity contribution is 0.0674. The number of hydrogen-bond donors (Lipinski definition) is 1. The van der Waals surface area contributed by atoms with Gasteiger partial charge in [0.15, 0.2) is 11.5 Å². The number of halogens is 6. The zero-order valence-electron chi connectivity index (χ0n) is 10.9. The first-order chi connectivity index (χ1) is 10.7. The monoisotopic (exact) mass is 352 g/mol. The molecule has 0 bridgehead atoms. The van der Waals surface area contributed by atoms with Gasteiger partial charge in [-0.15, -0.1) is 0 Å². The molecule has 0 saturated heterocycles. The Kier molecular flexibility index (Phi) is 4.79. The molecule has 10 heteroatoms. The molecule has 0 amide bonds. The van der Waals surface area contributed by atoms with Gasteiger partial charge in [0.1, 0.15) is 5.69 Å². The van der Waals surface area contributed by atoms with Gasteiger partial charge in [-0.25, -0.2) is 31.7 Å². The van der Waals surface area contributed by atoms with Gasteiger partial charge in [0.05, 0.1) is 16.9 Å². The number of nitrogens with zero attached hydrogens (tertiary/aromatic N) is 2. The lowest BCUT2D eigenvalue weighted by Crippen LogP contribution is -2.10. The number of benzene rings is 1. The normalized spacial score (nSPS) is 11.3. The van der Waals surface area contributed by atoms with Crippen LogP contribution < -0.4 is 0 Å². The SMILES string of the molecule is O=C(O)c1nc(-c2c(C(F)F)ccc(Cl)c2F)cnc1C(F)F. The molecule has 122 valence electrons. The fourth-order valence-corrected chi connectivity index (χ4v) is 2.00. The van der Waals surface area contributed by atoms with Crippen LogP contribution in [0.1, 0.15) is 34.6 Å². The minimum atomic E-state index is -3.25. The maximum absolute atomic E-state index is 14.1. The largest absolute Gasteiger partial charge is 0.476 e. The van der Waals surface area contributed by atoms with E-state index in [1.807, 2.05) is 0 Å². The number of aromatic carboxylic acids is 1. The molecule has 0 spiro atoms. The third-order valence-electron chi connectivity index (χ3n) is 2.83. The molecule has 23 heavy (non-hydrogen) atoms. The van der Waals surface area contributed by atoms with Crippen LogP contribution in [0.15, 0.2) is 18.3 Å². The molecule has 2 rings (SSSR count). The second-order valence-electron chi connectivity index (χ2n) is 4.22. The van der Waals surface area contributed by atoms with Crippen LogP contribution in [-0.4, -0.2) is 21.0 Å². The Balaban J connectivity index is 2.75. The Morgan fingerprint density at radius 2 is 1.83 bits per heavy atom. The van der Waals surface area contributed by atoms with Crippen LogP contribution in [0.3, 0.4) is 0 Å². The molecule has 0 radical (unpaired) electrons. The topological polar surface area (TPSA) is 63.1 Å².